The zero-order chi connectivity index (χ0) is 15.2. The van der Waals surface area contributed by atoms with E-state index in [1.165, 1.54) is 0 Å². The Labute approximate surface area is 112 Å². The topological polar surface area (TPSA) is 119 Å². The van der Waals surface area contributed by atoms with E-state index < -0.39 is 29.6 Å². The Kier molecular flexibility index (Phi) is 6.47. The van der Waals surface area contributed by atoms with Crippen molar-refractivity contribution < 1.29 is 24.2 Å². The lowest BCUT2D eigenvalue weighted by molar-refractivity contribution is -0.139. The Balaban J connectivity index is 4.06. The van der Waals surface area contributed by atoms with Gasteiger partial charge in [-0.15, -0.1) is 0 Å². The van der Waals surface area contributed by atoms with Gasteiger partial charge in [0.2, 0.25) is 0 Å². The fraction of sp³-hybridized carbons (Fsp3) is 0.750. The molecule has 2 atom stereocenters. The Hall–Kier alpha value is -1.63. The van der Waals surface area contributed by atoms with Crippen molar-refractivity contribution in [2.45, 2.75) is 45.8 Å². The molecule has 0 spiro atoms. The highest BCUT2D eigenvalue weighted by atomic mass is 16.6. The van der Waals surface area contributed by atoms with Gasteiger partial charge in [-0.25, -0.2) is 4.79 Å². The molecule has 0 aromatic rings. The van der Waals surface area contributed by atoms with E-state index in [2.05, 4.69) is 5.32 Å². The predicted octanol–water partition coefficient (Wildman–Crippen LogP) is 0.518. The quantitative estimate of drug-likeness (QED) is 0.649. The summed E-state index contributed by atoms with van der Waals surface area (Å²) in [5.41, 5.74) is 4.75. The van der Waals surface area contributed by atoms with E-state index in [4.69, 9.17) is 15.6 Å². The number of carboxylic acids is 1. The van der Waals surface area contributed by atoms with E-state index >= 15 is 0 Å². The summed E-state index contributed by atoms with van der Waals surface area (Å²) in [4.78, 5) is 33.4. The molecule has 7 heteroatoms. The van der Waals surface area contributed by atoms with Crippen LogP contribution in [0.3, 0.4) is 0 Å². The second-order valence-electron chi connectivity index (χ2n) is 5.44. The Bertz CT molecular complexity index is 349. The lowest BCUT2D eigenvalue weighted by atomic mass is 9.97. The summed E-state index contributed by atoms with van der Waals surface area (Å²) in [7, 11) is 0. The first kappa shape index (κ1) is 17.4. The summed E-state index contributed by atoms with van der Waals surface area (Å²) in [6, 6.07) is -1.09. The maximum atomic E-state index is 11.5. The number of nitrogens with one attached hydrogen (secondary N) is 1. The first-order chi connectivity index (χ1) is 8.53. The molecule has 0 aromatic heterocycles. The highest BCUT2D eigenvalue weighted by Gasteiger charge is 2.23. The van der Waals surface area contributed by atoms with Crippen molar-refractivity contribution >= 4 is 17.8 Å². The van der Waals surface area contributed by atoms with Gasteiger partial charge in [0.1, 0.15) is 11.6 Å². The van der Waals surface area contributed by atoms with Crippen LogP contribution in [0.5, 0.6) is 0 Å². The predicted molar refractivity (Wildman–Crippen MR) is 68.6 cm³/mol. The molecule has 0 aliphatic rings. The lowest BCUT2D eigenvalue weighted by Crippen LogP contribution is -2.40. The molecule has 7 nitrogen and oxygen atoms in total. The number of hydrogen-bond donors (Lipinski definition) is 3. The number of hydrogen-bond acceptors (Lipinski definition) is 5. The summed E-state index contributed by atoms with van der Waals surface area (Å²) < 4.78 is 4.96. The van der Waals surface area contributed by atoms with Crippen molar-refractivity contribution in [2.24, 2.45) is 11.7 Å². The number of carboxylic acid groups (broad SMARTS) is 1. The Morgan fingerprint density at radius 2 is 1.84 bits per heavy atom. The van der Waals surface area contributed by atoms with Crippen LogP contribution in [-0.2, 0) is 14.3 Å². The molecule has 0 fully saturated rings. The van der Waals surface area contributed by atoms with Gasteiger partial charge in [0.05, 0.1) is 6.54 Å². The van der Waals surface area contributed by atoms with Crippen molar-refractivity contribution in [3.8, 4) is 0 Å². The molecule has 1 unspecified atom stereocenters. The number of Topliss-reactive ketones (excluding diaryl/α,β-unsaturated/α-hetero) is 1. The van der Waals surface area contributed by atoms with Crippen molar-refractivity contribution in [1.29, 1.82) is 0 Å². The minimum atomic E-state index is -1.15. The summed E-state index contributed by atoms with van der Waals surface area (Å²) in [5, 5.41) is 11.0. The third-order valence-electron chi connectivity index (χ3n) is 2.28. The molecule has 0 heterocycles. The zero-order valence-corrected chi connectivity index (χ0v) is 11.7. The standard InChI is InChI=1S/C12H22N2O5/c1-7(9(13)10(16)17)5-8(15)6-14-11(18)19-12(2,3)4/h7,9H,5-6,13H2,1-4H3,(H,14,18)(H,16,17)/t7?,9-/m0/s1. The van der Waals surface area contributed by atoms with Crippen molar-refractivity contribution in [2.75, 3.05) is 6.54 Å². The van der Waals surface area contributed by atoms with Gasteiger partial charge in [-0.05, 0) is 26.7 Å². The van der Waals surface area contributed by atoms with Gasteiger partial charge in [-0.1, -0.05) is 6.92 Å². The molecule has 110 valence electrons. The lowest BCUT2D eigenvalue weighted by Gasteiger charge is -2.20. The minimum Gasteiger partial charge on any atom is -0.480 e. The summed E-state index contributed by atoms with van der Waals surface area (Å²) in [6.45, 7) is 6.50. The van der Waals surface area contributed by atoms with Crippen LogP contribution in [0.1, 0.15) is 34.1 Å². The third-order valence-corrected chi connectivity index (χ3v) is 2.28. The van der Waals surface area contributed by atoms with Crippen LogP contribution in [0.4, 0.5) is 4.79 Å². The maximum Gasteiger partial charge on any atom is 0.408 e. The van der Waals surface area contributed by atoms with Crippen molar-refractivity contribution in [3.05, 3.63) is 0 Å². The van der Waals surface area contributed by atoms with Gasteiger partial charge in [-0.3, -0.25) is 9.59 Å². The maximum absolute atomic E-state index is 11.5. The molecule has 4 N–H and O–H groups in total. The van der Waals surface area contributed by atoms with E-state index in [0.717, 1.165) is 0 Å². The number of ether oxygens (including phenoxy) is 1. The molecule has 1 amide bonds. The molecule has 0 saturated heterocycles. The fourth-order valence-corrected chi connectivity index (χ4v) is 1.29. The van der Waals surface area contributed by atoms with E-state index in [-0.39, 0.29) is 18.7 Å². The van der Waals surface area contributed by atoms with E-state index in [1.54, 1.807) is 27.7 Å². The fourth-order valence-electron chi connectivity index (χ4n) is 1.29. The van der Waals surface area contributed by atoms with E-state index in [0.29, 0.717) is 0 Å². The van der Waals surface area contributed by atoms with Crippen LogP contribution in [0.2, 0.25) is 0 Å². The monoisotopic (exact) mass is 274 g/mol. The van der Waals surface area contributed by atoms with Crippen LogP contribution in [0.25, 0.3) is 0 Å². The number of carbonyl (C=O) groups excluding carboxylic acids is 2. The van der Waals surface area contributed by atoms with Crippen LogP contribution >= 0.6 is 0 Å². The number of alkyl carbamates (subject to hydrolysis) is 1. The van der Waals surface area contributed by atoms with Gasteiger partial charge >= 0.3 is 12.1 Å². The summed E-state index contributed by atoms with van der Waals surface area (Å²) in [5.74, 6) is -1.94. The van der Waals surface area contributed by atoms with Gasteiger partial charge in [0, 0.05) is 6.42 Å². The first-order valence-corrected chi connectivity index (χ1v) is 6.00. The van der Waals surface area contributed by atoms with Crippen LogP contribution in [0.15, 0.2) is 0 Å². The molecule has 19 heavy (non-hydrogen) atoms. The number of nitrogens with two attached hydrogens (primary N) is 1. The number of ketones is 1. The Morgan fingerprint density at radius 1 is 1.32 bits per heavy atom. The van der Waals surface area contributed by atoms with Gasteiger partial charge in [0.15, 0.2) is 5.78 Å². The van der Waals surface area contributed by atoms with Crippen molar-refractivity contribution in [1.82, 2.24) is 5.32 Å². The van der Waals surface area contributed by atoms with Gasteiger partial charge < -0.3 is 20.9 Å². The molecule has 0 radical (unpaired) electrons. The molecule has 0 aliphatic carbocycles. The first-order valence-electron chi connectivity index (χ1n) is 6.00. The van der Waals surface area contributed by atoms with Gasteiger partial charge in [0.25, 0.3) is 0 Å². The molecule has 0 aromatic carbocycles. The van der Waals surface area contributed by atoms with Crippen LogP contribution < -0.4 is 11.1 Å². The summed E-state index contributed by atoms with van der Waals surface area (Å²) in [6.07, 6.45) is -0.695. The van der Waals surface area contributed by atoms with E-state index in [9.17, 15) is 14.4 Å². The summed E-state index contributed by atoms with van der Waals surface area (Å²) >= 11 is 0. The number of aliphatic carboxylic acids is 1. The van der Waals surface area contributed by atoms with E-state index in [1.807, 2.05) is 0 Å². The second-order valence-corrected chi connectivity index (χ2v) is 5.44. The Morgan fingerprint density at radius 3 is 2.26 bits per heavy atom. The third kappa shape index (κ3) is 8.15. The average Bonchev–Trinajstić information content (AvgIpc) is 2.22. The second kappa shape index (κ2) is 7.08. The molecule has 0 bridgehead atoms. The molecule has 0 aliphatic heterocycles. The zero-order valence-electron chi connectivity index (χ0n) is 11.7. The smallest absolute Gasteiger partial charge is 0.408 e. The number of rotatable bonds is 6. The largest absolute Gasteiger partial charge is 0.480 e. The molecule has 0 saturated carbocycles. The average molecular weight is 274 g/mol. The highest BCUT2D eigenvalue weighted by Crippen LogP contribution is 2.08. The molecular formula is C12H22N2O5. The molecular weight excluding hydrogens is 252 g/mol. The van der Waals surface area contributed by atoms with Gasteiger partial charge in [-0.2, -0.15) is 0 Å². The highest BCUT2D eigenvalue weighted by molar-refractivity contribution is 5.85. The van der Waals surface area contributed by atoms with Crippen LogP contribution in [-0.4, -0.2) is 41.1 Å². The molecule has 0 rings (SSSR count). The normalized spacial score (nSPS) is 14.4. The SMILES string of the molecule is CC(CC(=O)CNC(=O)OC(C)(C)C)[C@H](N)C(=O)O. The van der Waals surface area contributed by atoms with Crippen LogP contribution in [0, 0.1) is 5.92 Å². The number of carbonyl (C=O) groups is 3. The number of amides is 1. The van der Waals surface area contributed by atoms with Crippen molar-refractivity contribution in [3.63, 3.8) is 0 Å². The minimum absolute atomic E-state index is 0.0107.